The van der Waals surface area contributed by atoms with Crippen LogP contribution < -0.4 is 4.74 Å². The van der Waals surface area contributed by atoms with Gasteiger partial charge in [-0.25, -0.2) is 0 Å². The van der Waals surface area contributed by atoms with Gasteiger partial charge >= 0.3 is 0 Å². The molecular weight excluding hydrogens is 220 g/mol. The van der Waals surface area contributed by atoms with Crippen LogP contribution in [0.1, 0.15) is 25.0 Å². The van der Waals surface area contributed by atoms with E-state index >= 15 is 0 Å². The highest BCUT2D eigenvalue weighted by molar-refractivity contribution is 7.98. The lowest BCUT2D eigenvalue weighted by atomic mass is 10.0. The van der Waals surface area contributed by atoms with Gasteiger partial charge < -0.3 is 9.84 Å². The maximum atomic E-state index is 9.45. The van der Waals surface area contributed by atoms with Crippen LogP contribution in [0.2, 0.25) is 0 Å². The molecule has 0 aliphatic rings. The van der Waals surface area contributed by atoms with Crippen molar-refractivity contribution in [3.63, 3.8) is 0 Å². The minimum atomic E-state index is -0.337. The Morgan fingerprint density at radius 1 is 1.38 bits per heavy atom. The molecule has 0 amide bonds. The summed E-state index contributed by atoms with van der Waals surface area (Å²) in [4.78, 5) is 1.28. The average Bonchev–Trinajstić information content (AvgIpc) is 2.27. The Balaban J connectivity index is 3.15. The van der Waals surface area contributed by atoms with E-state index in [0.29, 0.717) is 6.42 Å². The Labute approximate surface area is 102 Å². The molecule has 0 heterocycles. The molecule has 0 aromatic heterocycles. The van der Waals surface area contributed by atoms with Crippen molar-refractivity contribution in [2.75, 3.05) is 13.4 Å². The van der Waals surface area contributed by atoms with Crippen molar-refractivity contribution in [1.29, 1.82) is 0 Å². The third-order valence-electron chi connectivity index (χ3n) is 2.58. The third-order valence-corrected chi connectivity index (χ3v) is 3.40. The first-order valence-corrected chi connectivity index (χ1v) is 6.76. The van der Waals surface area contributed by atoms with Gasteiger partial charge in [0.15, 0.2) is 0 Å². The van der Waals surface area contributed by atoms with Gasteiger partial charge in [-0.2, -0.15) is 0 Å². The molecule has 1 aromatic carbocycles. The molecule has 1 aromatic rings. The molecule has 0 radical (unpaired) electrons. The smallest absolute Gasteiger partial charge is 0.122 e. The van der Waals surface area contributed by atoms with Crippen LogP contribution in [0.4, 0.5) is 0 Å². The molecule has 0 saturated heterocycles. The van der Waals surface area contributed by atoms with Crippen LogP contribution in [0.5, 0.6) is 5.75 Å². The average molecular weight is 240 g/mol. The van der Waals surface area contributed by atoms with Crippen LogP contribution in [0.3, 0.4) is 0 Å². The third kappa shape index (κ3) is 3.16. The monoisotopic (exact) mass is 240 g/mol. The topological polar surface area (TPSA) is 29.5 Å². The number of rotatable bonds is 5. The molecule has 0 fully saturated rings. The lowest BCUT2D eigenvalue weighted by molar-refractivity contribution is 0.194. The van der Waals surface area contributed by atoms with Crippen LogP contribution in [-0.2, 0) is 12.8 Å². The first-order valence-electron chi connectivity index (χ1n) is 5.54. The van der Waals surface area contributed by atoms with Crippen molar-refractivity contribution in [2.24, 2.45) is 0 Å². The van der Waals surface area contributed by atoms with E-state index < -0.39 is 0 Å². The van der Waals surface area contributed by atoms with Crippen LogP contribution >= 0.6 is 11.8 Å². The number of benzene rings is 1. The lowest BCUT2D eigenvalue weighted by Crippen LogP contribution is -2.06. The zero-order valence-electron chi connectivity index (χ0n) is 10.4. The van der Waals surface area contributed by atoms with Gasteiger partial charge in [-0.05, 0) is 42.9 Å². The van der Waals surface area contributed by atoms with Gasteiger partial charge in [-0.3, -0.25) is 0 Å². The predicted octanol–water partition coefficient (Wildman–Crippen LogP) is 2.90. The fourth-order valence-electron chi connectivity index (χ4n) is 1.78. The summed E-state index contributed by atoms with van der Waals surface area (Å²) >= 11 is 1.74. The standard InChI is InChI=1S/C13H20O2S/c1-5-10-7-12(15-3)11(6-9(2)14)8-13(10)16-4/h7-9,14H,5-6H2,1-4H3. The minimum Gasteiger partial charge on any atom is -0.496 e. The maximum Gasteiger partial charge on any atom is 0.122 e. The summed E-state index contributed by atoms with van der Waals surface area (Å²) in [6.07, 6.45) is 3.38. The molecule has 3 heteroatoms. The van der Waals surface area contributed by atoms with Crippen molar-refractivity contribution in [3.05, 3.63) is 23.3 Å². The van der Waals surface area contributed by atoms with Crippen molar-refractivity contribution in [2.45, 2.75) is 37.7 Å². The summed E-state index contributed by atoms with van der Waals surface area (Å²) in [6, 6.07) is 4.22. The summed E-state index contributed by atoms with van der Waals surface area (Å²) in [5.41, 5.74) is 2.39. The summed E-state index contributed by atoms with van der Waals surface area (Å²) in [7, 11) is 1.68. The number of aliphatic hydroxyl groups excluding tert-OH is 1. The van der Waals surface area contributed by atoms with Crippen molar-refractivity contribution < 1.29 is 9.84 Å². The number of hydrogen-bond donors (Lipinski definition) is 1. The Kier molecular flexibility index (Phi) is 5.16. The normalized spacial score (nSPS) is 12.6. The predicted molar refractivity (Wildman–Crippen MR) is 69.5 cm³/mol. The fraction of sp³-hybridized carbons (Fsp3) is 0.538. The Hall–Kier alpha value is -0.670. The van der Waals surface area contributed by atoms with Crippen LogP contribution in [0.25, 0.3) is 0 Å². The van der Waals surface area contributed by atoms with E-state index in [0.717, 1.165) is 17.7 Å². The molecule has 1 rings (SSSR count). The summed E-state index contributed by atoms with van der Waals surface area (Å²) < 4.78 is 5.37. The number of aliphatic hydroxyl groups is 1. The first kappa shape index (κ1) is 13.4. The van der Waals surface area contributed by atoms with Gasteiger partial charge in [0.2, 0.25) is 0 Å². The van der Waals surface area contributed by atoms with Gasteiger partial charge in [-0.1, -0.05) is 6.92 Å². The van der Waals surface area contributed by atoms with Gasteiger partial charge in [0.25, 0.3) is 0 Å². The number of methoxy groups -OCH3 is 1. The molecule has 0 saturated carbocycles. The molecule has 1 N–H and O–H groups in total. The Morgan fingerprint density at radius 3 is 2.50 bits per heavy atom. The molecule has 2 nitrogen and oxygen atoms in total. The highest BCUT2D eigenvalue weighted by Crippen LogP contribution is 2.30. The molecule has 1 atom stereocenters. The zero-order valence-corrected chi connectivity index (χ0v) is 11.2. The summed E-state index contributed by atoms with van der Waals surface area (Å²) in [5.74, 6) is 0.885. The van der Waals surface area contributed by atoms with Gasteiger partial charge in [0, 0.05) is 11.3 Å². The molecule has 0 aliphatic carbocycles. The van der Waals surface area contributed by atoms with Gasteiger partial charge in [-0.15, -0.1) is 11.8 Å². The number of aryl methyl sites for hydroxylation is 1. The minimum absolute atomic E-state index is 0.337. The van der Waals surface area contributed by atoms with E-state index in [1.165, 1.54) is 10.5 Å². The number of hydrogen-bond acceptors (Lipinski definition) is 3. The first-order chi connectivity index (χ1) is 7.62. The molecule has 0 aliphatic heterocycles. The number of ether oxygens (including phenoxy) is 1. The quantitative estimate of drug-likeness (QED) is 0.802. The van der Waals surface area contributed by atoms with Crippen molar-refractivity contribution in [3.8, 4) is 5.75 Å². The van der Waals surface area contributed by atoms with Gasteiger partial charge in [0.05, 0.1) is 13.2 Å². The van der Waals surface area contributed by atoms with Crippen LogP contribution in [0.15, 0.2) is 17.0 Å². The summed E-state index contributed by atoms with van der Waals surface area (Å²) in [6.45, 7) is 3.94. The SMILES string of the molecule is CCc1cc(OC)c(CC(C)O)cc1SC. The maximum absolute atomic E-state index is 9.45. The highest BCUT2D eigenvalue weighted by Gasteiger charge is 2.10. The molecule has 16 heavy (non-hydrogen) atoms. The fourth-order valence-corrected chi connectivity index (χ4v) is 2.50. The van der Waals surface area contributed by atoms with E-state index in [9.17, 15) is 5.11 Å². The molecular formula is C13H20O2S. The molecule has 90 valence electrons. The van der Waals surface area contributed by atoms with Crippen molar-refractivity contribution >= 4 is 11.8 Å². The van der Waals surface area contributed by atoms with E-state index in [4.69, 9.17) is 4.74 Å². The zero-order chi connectivity index (χ0) is 12.1. The molecule has 1 unspecified atom stereocenters. The second-order valence-electron chi connectivity index (χ2n) is 3.88. The van der Waals surface area contributed by atoms with Crippen molar-refractivity contribution in [1.82, 2.24) is 0 Å². The lowest BCUT2D eigenvalue weighted by Gasteiger charge is -2.14. The highest BCUT2D eigenvalue weighted by atomic mass is 32.2. The second kappa shape index (κ2) is 6.16. The van der Waals surface area contributed by atoms with Gasteiger partial charge in [0.1, 0.15) is 5.75 Å². The molecule has 0 bridgehead atoms. The van der Waals surface area contributed by atoms with E-state index in [1.807, 2.05) is 0 Å². The van der Waals surface area contributed by atoms with Crippen LogP contribution in [-0.4, -0.2) is 24.6 Å². The van der Waals surface area contributed by atoms with E-state index in [1.54, 1.807) is 25.8 Å². The largest absolute Gasteiger partial charge is 0.496 e. The van der Waals surface area contributed by atoms with Crippen LogP contribution in [0, 0.1) is 0 Å². The second-order valence-corrected chi connectivity index (χ2v) is 4.73. The summed E-state index contributed by atoms with van der Waals surface area (Å²) in [5, 5.41) is 9.45. The Bertz CT molecular complexity index is 348. The van der Waals surface area contributed by atoms with E-state index in [-0.39, 0.29) is 6.10 Å². The van der Waals surface area contributed by atoms with E-state index in [2.05, 4.69) is 25.3 Å². The Morgan fingerprint density at radius 2 is 2.06 bits per heavy atom. The number of thioether (sulfide) groups is 1. The molecule has 0 spiro atoms.